The van der Waals surface area contributed by atoms with Gasteiger partial charge in [0.1, 0.15) is 0 Å². The molecule has 0 spiro atoms. The molecule has 0 aromatic carbocycles. The van der Waals surface area contributed by atoms with Crippen LogP contribution in [0.5, 0.6) is 0 Å². The highest BCUT2D eigenvalue weighted by atomic mass is 32.1. The first kappa shape index (κ1) is 6.14. The lowest BCUT2D eigenvalue weighted by atomic mass is 9.99. The highest BCUT2D eigenvalue weighted by Gasteiger charge is 2.04. The van der Waals surface area contributed by atoms with Gasteiger partial charge in [-0.05, 0) is 38.5 Å². The van der Waals surface area contributed by atoms with E-state index in [1.54, 1.807) is 0 Å². The fourth-order valence-corrected chi connectivity index (χ4v) is 1.26. The molecule has 1 nitrogen and oxygen atoms in total. The van der Waals surface area contributed by atoms with Crippen LogP contribution in [-0.2, 0) is 0 Å². The molecule has 0 amide bonds. The first-order chi connectivity index (χ1) is 3.93. The van der Waals surface area contributed by atoms with Crippen molar-refractivity contribution < 1.29 is 0 Å². The normalized spacial score (nSPS) is 20.9. The average molecular weight is 129 g/mol. The molecule has 1 aliphatic rings. The van der Waals surface area contributed by atoms with Gasteiger partial charge in [-0.3, -0.25) is 0 Å². The van der Waals surface area contributed by atoms with Gasteiger partial charge in [-0.25, -0.2) is 4.40 Å². The molecule has 0 unspecified atom stereocenters. The maximum atomic E-state index is 3.86. The Labute approximate surface area is 55.7 Å². The molecule has 2 heteroatoms. The second-order valence-corrected chi connectivity index (χ2v) is 2.43. The molecule has 1 rings (SSSR count). The molecule has 0 atom stereocenters. The van der Waals surface area contributed by atoms with Crippen LogP contribution in [0.1, 0.15) is 32.1 Å². The van der Waals surface area contributed by atoms with Crippen LogP contribution < -0.4 is 0 Å². The van der Waals surface area contributed by atoms with Crippen molar-refractivity contribution in [3.05, 3.63) is 0 Å². The molecular formula is C6H11NS. The second-order valence-electron chi connectivity index (χ2n) is 2.23. The predicted octanol–water partition coefficient (Wildman–Crippen LogP) is 2.24. The highest BCUT2D eigenvalue weighted by Crippen LogP contribution is 2.14. The van der Waals surface area contributed by atoms with Gasteiger partial charge in [0.15, 0.2) is 0 Å². The summed E-state index contributed by atoms with van der Waals surface area (Å²) in [4.78, 5) is 0. The third-order valence-electron chi connectivity index (χ3n) is 1.57. The molecule has 0 aromatic rings. The van der Waals surface area contributed by atoms with E-state index in [-0.39, 0.29) is 0 Å². The Morgan fingerprint density at radius 3 is 2.12 bits per heavy atom. The Bertz CT molecular complexity index is 90.7. The quantitative estimate of drug-likeness (QED) is 0.482. The lowest BCUT2D eigenvalue weighted by molar-refractivity contribution is 0.668. The summed E-state index contributed by atoms with van der Waals surface area (Å²) in [5.74, 6) is 0. The first-order valence-corrected chi connectivity index (χ1v) is 3.53. The third kappa shape index (κ3) is 1.51. The SMILES string of the molecule is SN=C1CCCCC1. The van der Waals surface area contributed by atoms with Crippen LogP contribution in [0.2, 0.25) is 0 Å². The summed E-state index contributed by atoms with van der Waals surface area (Å²) >= 11 is 3.85. The standard InChI is InChI=1S/C6H11NS/c8-7-6-4-2-1-3-5-6/h8H,1-5H2. The third-order valence-corrected chi connectivity index (χ3v) is 1.85. The highest BCUT2D eigenvalue weighted by molar-refractivity contribution is 7.79. The smallest absolute Gasteiger partial charge is 0.0259 e. The molecule has 0 aliphatic heterocycles. The number of thiol groups is 1. The summed E-state index contributed by atoms with van der Waals surface area (Å²) in [6, 6.07) is 0. The van der Waals surface area contributed by atoms with Gasteiger partial charge in [-0.2, -0.15) is 0 Å². The minimum Gasteiger partial charge on any atom is -0.229 e. The Kier molecular flexibility index (Phi) is 2.40. The van der Waals surface area contributed by atoms with E-state index in [4.69, 9.17) is 0 Å². The van der Waals surface area contributed by atoms with E-state index in [1.807, 2.05) is 0 Å². The van der Waals surface area contributed by atoms with Crippen LogP contribution in [-0.4, -0.2) is 5.71 Å². The van der Waals surface area contributed by atoms with Gasteiger partial charge in [0.2, 0.25) is 0 Å². The summed E-state index contributed by atoms with van der Waals surface area (Å²) in [5, 5.41) is 0. The first-order valence-electron chi connectivity index (χ1n) is 3.13. The molecule has 0 heterocycles. The van der Waals surface area contributed by atoms with Crippen LogP contribution in [0, 0.1) is 0 Å². The lowest BCUT2D eigenvalue weighted by Crippen LogP contribution is -2.02. The molecule has 46 valence electrons. The van der Waals surface area contributed by atoms with Gasteiger partial charge < -0.3 is 0 Å². The summed E-state index contributed by atoms with van der Waals surface area (Å²) in [7, 11) is 0. The van der Waals surface area contributed by atoms with E-state index in [2.05, 4.69) is 17.2 Å². The lowest BCUT2D eigenvalue weighted by Gasteiger charge is -2.09. The van der Waals surface area contributed by atoms with Gasteiger partial charge in [-0.15, -0.1) is 0 Å². The van der Waals surface area contributed by atoms with Crippen LogP contribution in [0.15, 0.2) is 4.40 Å². The minimum absolute atomic E-state index is 1.18. The van der Waals surface area contributed by atoms with E-state index in [0.29, 0.717) is 0 Å². The number of hydrogen-bond donors (Lipinski definition) is 1. The fourth-order valence-electron chi connectivity index (χ4n) is 1.06. The molecule has 1 saturated carbocycles. The molecule has 1 fully saturated rings. The van der Waals surface area contributed by atoms with Gasteiger partial charge in [0.05, 0.1) is 0 Å². The van der Waals surface area contributed by atoms with E-state index in [1.165, 1.54) is 37.8 Å². The predicted molar refractivity (Wildman–Crippen MR) is 39.5 cm³/mol. The van der Waals surface area contributed by atoms with Crippen LogP contribution in [0.25, 0.3) is 0 Å². The molecule has 0 saturated heterocycles. The Morgan fingerprint density at radius 1 is 1.12 bits per heavy atom. The molecule has 0 radical (unpaired) electrons. The second kappa shape index (κ2) is 3.13. The number of nitrogens with zero attached hydrogens (tertiary/aromatic N) is 1. The summed E-state index contributed by atoms with van der Waals surface area (Å²) < 4.78 is 3.86. The maximum absolute atomic E-state index is 3.86. The zero-order valence-corrected chi connectivity index (χ0v) is 5.82. The van der Waals surface area contributed by atoms with Crippen molar-refractivity contribution in [2.45, 2.75) is 32.1 Å². The molecule has 0 bridgehead atoms. The Hall–Kier alpha value is 0.0200. The van der Waals surface area contributed by atoms with Crippen LogP contribution in [0.4, 0.5) is 0 Å². The van der Waals surface area contributed by atoms with Crippen molar-refractivity contribution in [2.24, 2.45) is 4.40 Å². The van der Waals surface area contributed by atoms with Gasteiger partial charge in [-0.1, -0.05) is 6.42 Å². The van der Waals surface area contributed by atoms with E-state index in [0.717, 1.165) is 0 Å². The van der Waals surface area contributed by atoms with Crippen molar-refractivity contribution >= 4 is 18.5 Å². The van der Waals surface area contributed by atoms with Crippen molar-refractivity contribution in [3.8, 4) is 0 Å². The van der Waals surface area contributed by atoms with Crippen molar-refractivity contribution in [1.82, 2.24) is 0 Å². The van der Waals surface area contributed by atoms with Crippen molar-refractivity contribution in [3.63, 3.8) is 0 Å². The van der Waals surface area contributed by atoms with Gasteiger partial charge >= 0.3 is 0 Å². The summed E-state index contributed by atoms with van der Waals surface area (Å²) in [6.07, 6.45) is 6.39. The maximum Gasteiger partial charge on any atom is 0.0259 e. The Morgan fingerprint density at radius 2 is 1.75 bits per heavy atom. The average Bonchev–Trinajstić information content (AvgIpc) is 1.90. The zero-order valence-electron chi connectivity index (χ0n) is 4.93. The van der Waals surface area contributed by atoms with E-state index in [9.17, 15) is 0 Å². The summed E-state index contributed by atoms with van der Waals surface area (Å²) in [6.45, 7) is 0. The molecule has 8 heavy (non-hydrogen) atoms. The number of rotatable bonds is 0. The molecule has 0 N–H and O–H groups in total. The molecule has 0 aromatic heterocycles. The van der Waals surface area contributed by atoms with Gasteiger partial charge in [0.25, 0.3) is 0 Å². The van der Waals surface area contributed by atoms with Gasteiger partial charge in [0, 0.05) is 5.71 Å². The monoisotopic (exact) mass is 129 g/mol. The van der Waals surface area contributed by atoms with Crippen molar-refractivity contribution in [1.29, 1.82) is 0 Å². The Balaban J connectivity index is 2.33. The van der Waals surface area contributed by atoms with Crippen LogP contribution >= 0.6 is 12.8 Å². The molecular weight excluding hydrogens is 118 g/mol. The summed E-state index contributed by atoms with van der Waals surface area (Å²) in [5.41, 5.74) is 1.29. The fraction of sp³-hybridized carbons (Fsp3) is 0.833. The van der Waals surface area contributed by atoms with Crippen molar-refractivity contribution in [2.75, 3.05) is 0 Å². The zero-order chi connectivity index (χ0) is 5.82. The topological polar surface area (TPSA) is 12.4 Å². The van der Waals surface area contributed by atoms with E-state index < -0.39 is 0 Å². The number of hydrogen-bond acceptors (Lipinski definition) is 2. The minimum atomic E-state index is 1.18. The van der Waals surface area contributed by atoms with E-state index >= 15 is 0 Å². The molecule has 1 aliphatic carbocycles. The van der Waals surface area contributed by atoms with Crippen LogP contribution in [0.3, 0.4) is 0 Å². The largest absolute Gasteiger partial charge is 0.229 e.